The number of rotatable bonds is 4. The molecule has 0 bridgehead atoms. The zero-order valence-corrected chi connectivity index (χ0v) is 18.8. The number of imidazole rings is 2. The molecule has 0 fully saturated rings. The minimum absolute atomic E-state index is 0.495. The Morgan fingerprint density at radius 2 is 1.74 bits per heavy atom. The van der Waals surface area contributed by atoms with Gasteiger partial charge in [0.15, 0.2) is 0 Å². The van der Waals surface area contributed by atoms with E-state index in [-0.39, 0.29) is 0 Å². The highest BCUT2D eigenvalue weighted by atomic mass is 32.2. The number of hydrogen-bond donors (Lipinski definition) is 2. The average molecular weight is 442 g/mol. The monoisotopic (exact) mass is 441 g/mol. The van der Waals surface area contributed by atoms with Gasteiger partial charge < -0.3 is 14.9 Å². The molecule has 0 saturated carbocycles. The Morgan fingerprint density at radius 1 is 1.10 bits per heavy atom. The van der Waals surface area contributed by atoms with Gasteiger partial charge in [0, 0.05) is 24.7 Å². The van der Waals surface area contributed by atoms with Crippen molar-refractivity contribution in [1.29, 1.82) is 0 Å². The van der Waals surface area contributed by atoms with E-state index in [1.807, 2.05) is 37.6 Å². The Morgan fingerprint density at radius 3 is 2.35 bits per heavy atom. The van der Waals surface area contributed by atoms with E-state index in [0.717, 1.165) is 40.1 Å². The molecule has 9 heteroatoms. The fourth-order valence-corrected chi connectivity index (χ4v) is 3.42. The molecule has 0 radical (unpaired) electrons. The topological polar surface area (TPSA) is 116 Å². The molecule has 3 N–H and O–H groups in total. The standard InChI is InChI=1S/C21H23N5.CH4O3S/c1-14(2)12-26-18-11-16(9-10-17(18)24-21(26)22)20-19(23-13-25(20)3)15-7-5-4-6-8-15;1-5(2,3)4/h4-11,13-14H,12H2,1-3H3,(H2,22,24);1H3,(H,2,3,4). The van der Waals surface area contributed by atoms with Gasteiger partial charge >= 0.3 is 0 Å². The van der Waals surface area contributed by atoms with Crippen LogP contribution in [0, 0.1) is 5.92 Å². The molecule has 0 saturated heterocycles. The Balaban J connectivity index is 0.000000491. The third-order valence-corrected chi connectivity index (χ3v) is 4.58. The summed E-state index contributed by atoms with van der Waals surface area (Å²) in [4.78, 5) is 9.14. The molecule has 164 valence electrons. The molecule has 31 heavy (non-hydrogen) atoms. The van der Waals surface area contributed by atoms with Crippen LogP contribution in [-0.4, -0.2) is 38.3 Å². The Labute approximate surface area is 182 Å². The third kappa shape index (κ3) is 5.50. The van der Waals surface area contributed by atoms with Gasteiger partial charge in [-0.3, -0.25) is 4.55 Å². The van der Waals surface area contributed by atoms with E-state index in [1.54, 1.807) is 0 Å². The Bertz CT molecular complexity index is 1280. The first-order valence-corrected chi connectivity index (χ1v) is 11.6. The van der Waals surface area contributed by atoms with Crippen LogP contribution in [0.1, 0.15) is 13.8 Å². The maximum absolute atomic E-state index is 9.19. The van der Waals surface area contributed by atoms with Gasteiger partial charge in [0.2, 0.25) is 5.95 Å². The summed E-state index contributed by atoms with van der Waals surface area (Å²) in [6.45, 7) is 5.22. The van der Waals surface area contributed by atoms with Crippen molar-refractivity contribution in [2.24, 2.45) is 13.0 Å². The molecule has 0 aliphatic heterocycles. The summed E-state index contributed by atoms with van der Waals surface area (Å²) >= 11 is 0. The number of hydrogen-bond acceptors (Lipinski definition) is 5. The highest BCUT2D eigenvalue weighted by Crippen LogP contribution is 2.33. The lowest BCUT2D eigenvalue weighted by Crippen LogP contribution is -2.07. The van der Waals surface area contributed by atoms with Crippen LogP contribution in [0.15, 0.2) is 54.9 Å². The second-order valence-electron chi connectivity index (χ2n) is 7.83. The summed E-state index contributed by atoms with van der Waals surface area (Å²) in [6, 6.07) is 16.6. The molecule has 0 spiro atoms. The second-order valence-corrected chi connectivity index (χ2v) is 9.30. The minimum Gasteiger partial charge on any atom is -0.369 e. The van der Waals surface area contributed by atoms with Gasteiger partial charge in [0.25, 0.3) is 10.1 Å². The van der Waals surface area contributed by atoms with Crippen molar-refractivity contribution in [2.75, 3.05) is 12.0 Å². The van der Waals surface area contributed by atoms with Gasteiger partial charge in [0.1, 0.15) is 0 Å². The van der Waals surface area contributed by atoms with Crippen LogP contribution in [0.4, 0.5) is 5.95 Å². The van der Waals surface area contributed by atoms with E-state index < -0.39 is 10.1 Å². The van der Waals surface area contributed by atoms with Crippen LogP contribution in [0.3, 0.4) is 0 Å². The predicted molar refractivity (Wildman–Crippen MR) is 124 cm³/mol. The van der Waals surface area contributed by atoms with Gasteiger partial charge in [-0.25, -0.2) is 9.97 Å². The summed E-state index contributed by atoms with van der Waals surface area (Å²) in [5, 5.41) is 0. The molecule has 2 aromatic carbocycles. The number of fused-ring (bicyclic) bond motifs is 1. The maximum atomic E-state index is 9.19. The highest BCUT2D eigenvalue weighted by Gasteiger charge is 2.16. The summed E-state index contributed by atoms with van der Waals surface area (Å²) < 4.78 is 30.0. The van der Waals surface area contributed by atoms with E-state index in [2.05, 4.69) is 57.2 Å². The van der Waals surface area contributed by atoms with Crippen LogP contribution < -0.4 is 5.73 Å². The summed E-state index contributed by atoms with van der Waals surface area (Å²) in [5.74, 6) is 1.06. The fraction of sp³-hybridized carbons (Fsp3) is 0.273. The van der Waals surface area contributed by atoms with Crippen LogP contribution in [0.2, 0.25) is 0 Å². The van der Waals surface area contributed by atoms with Crippen molar-refractivity contribution in [2.45, 2.75) is 20.4 Å². The number of nitrogens with two attached hydrogens (primary N) is 1. The molecule has 8 nitrogen and oxygen atoms in total. The molecule has 0 aliphatic carbocycles. The molecule has 4 rings (SSSR count). The van der Waals surface area contributed by atoms with Crippen LogP contribution >= 0.6 is 0 Å². The lowest BCUT2D eigenvalue weighted by molar-refractivity contribution is 0.490. The molecular weight excluding hydrogens is 414 g/mol. The van der Waals surface area contributed by atoms with Gasteiger partial charge in [-0.2, -0.15) is 8.42 Å². The molecular formula is C22H27N5O3S. The molecule has 0 unspecified atom stereocenters. The molecule has 2 aromatic heterocycles. The van der Waals surface area contributed by atoms with Crippen LogP contribution in [-0.2, 0) is 23.7 Å². The van der Waals surface area contributed by atoms with Crippen LogP contribution in [0.5, 0.6) is 0 Å². The summed E-state index contributed by atoms with van der Waals surface area (Å²) in [7, 11) is -1.64. The summed E-state index contributed by atoms with van der Waals surface area (Å²) in [6.07, 6.45) is 2.58. The SMILES string of the molecule is CC(C)Cn1c(N)nc2ccc(-c3c(-c4ccccc4)ncn3C)cc21.CS(=O)(=O)O. The maximum Gasteiger partial charge on any atom is 0.261 e. The van der Waals surface area contributed by atoms with Crippen molar-refractivity contribution in [3.05, 3.63) is 54.9 Å². The van der Waals surface area contributed by atoms with E-state index >= 15 is 0 Å². The fourth-order valence-electron chi connectivity index (χ4n) is 3.42. The van der Waals surface area contributed by atoms with Crippen molar-refractivity contribution in [3.63, 3.8) is 0 Å². The first-order valence-electron chi connectivity index (χ1n) is 9.80. The van der Waals surface area contributed by atoms with E-state index in [1.165, 1.54) is 0 Å². The molecule has 0 aliphatic rings. The third-order valence-electron chi connectivity index (χ3n) is 4.58. The van der Waals surface area contributed by atoms with E-state index in [9.17, 15) is 8.42 Å². The number of anilines is 1. The molecule has 0 amide bonds. The molecule has 4 aromatic rings. The quantitative estimate of drug-likeness (QED) is 0.465. The van der Waals surface area contributed by atoms with Gasteiger partial charge in [0.05, 0.1) is 35.0 Å². The normalized spacial score (nSPS) is 11.5. The number of benzene rings is 2. The van der Waals surface area contributed by atoms with Crippen molar-refractivity contribution < 1.29 is 13.0 Å². The minimum atomic E-state index is -3.67. The van der Waals surface area contributed by atoms with Gasteiger partial charge in [-0.05, 0) is 18.1 Å². The van der Waals surface area contributed by atoms with Crippen LogP contribution in [0.25, 0.3) is 33.5 Å². The van der Waals surface area contributed by atoms with Crippen molar-refractivity contribution >= 4 is 27.1 Å². The predicted octanol–water partition coefficient (Wildman–Crippen LogP) is 3.85. The van der Waals surface area contributed by atoms with E-state index in [4.69, 9.17) is 10.3 Å². The lowest BCUT2D eigenvalue weighted by Gasteiger charge is -2.11. The Kier molecular flexibility index (Phi) is 6.47. The molecule has 0 atom stereocenters. The van der Waals surface area contributed by atoms with Gasteiger partial charge in [-0.1, -0.05) is 50.2 Å². The number of aryl methyl sites for hydroxylation is 1. The number of aromatic nitrogens is 4. The average Bonchev–Trinajstić information content (AvgIpc) is 3.20. The number of nitrogens with zero attached hydrogens (tertiary/aromatic N) is 4. The smallest absolute Gasteiger partial charge is 0.261 e. The van der Waals surface area contributed by atoms with Crippen molar-refractivity contribution in [3.8, 4) is 22.5 Å². The highest BCUT2D eigenvalue weighted by molar-refractivity contribution is 7.85. The lowest BCUT2D eigenvalue weighted by atomic mass is 10.0. The largest absolute Gasteiger partial charge is 0.369 e. The first kappa shape index (κ1) is 22.5. The first-order chi connectivity index (χ1) is 14.5. The zero-order chi connectivity index (χ0) is 22.8. The number of nitrogen functional groups attached to an aromatic ring is 1. The second kappa shape index (κ2) is 8.91. The molecule has 2 heterocycles. The van der Waals surface area contributed by atoms with Gasteiger partial charge in [-0.15, -0.1) is 0 Å². The summed E-state index contributed by atoms with van der Waals surface area (Å²) in [5.41, 5.74) is 12.4. The zero-order valence-electron chi connectivity index (χ0n) is 18.0. The van der Waals surface area contributed by atoms with Crippen molar-refractivity contribution in [1.82, 2.24) is 19.1 Å². The Hall–Kier alpha value is -3.17. The van der Waals surface area contributed by atoms with E-state index in [0.29, 0.717) is 18.1 Å².